The summed E-state index contributed by atoms with van der Waals surface area (Å²) in [4.78, 5) is 124. The van der Waals surface area contributed by atoms with Gasteiger partial charge >= 0.3 is 23.9 Å². The van der Waals surface area contributed by atoms with Gasteiger partial charge in [0.1, 0.15) is 32.2 Å². The van der Waals surface area contributed by atoms with Crippen LogP contribution >= 0.6 is 0 Å². The molecule has 0 spiro atoms. The quantitative estimate of drug-likeness (QED) is 0.0249. The molecule has 20 nitrogen and oxygen atoms in total. The fourth-order valence-corrected chi connectivity index (χ4v) is 13.8. The van der Waals surface area contributed by atoms with Gasteiger partial charge in [0, 0.05) is 90.0 Å². The molecule has 0 bridgehead atoms. The number of esters is 4. The van der Waals surface area contributed by atoms with Crippen LogP contribution < -0.4 is 10.6 Å². The van der Waals surface area contributed by atoms with E-state index < -0.39 is 5.92 Å². The van der Waals surface area contributed by atoms with E-state index in [0.717, 1.165) is 180 Å². The lowest BCUT2D eigenvalue weighted by atomic mass is 9.93. The molecule has 0 heterocycles. The maximum absolute atomic E-state index is 14.0. The van der Waals surface area contributed by atoms with Gasteiger partial charge in [-0.05, 0) is 180 Å². The maximum Gasteiger partial charge on any atom is 0.305 e. The Morgan fingerprint density at radius 3 is 0.887 bits per heavy atom. The summed E-state index contributed by atoms with van der Waals surface area (Å²) in [5.74, 6) is -3.74. The number of allylic oxidation sites excluding steroid dienone is 16. The Morgan fingerprint density at radius 1 is 0.266 bits per heavy atom. The van der Waals surface area contributed by atoms with Crippen molar-refractivity contribution in [1.82, 2.24) is 20.4 Å². The molecule has 0 fully saturated rings. The van der Waals surface area contributed by atoms with Crippen LogP contribution in [0.15, 0.2) is 97.2 Å². The molecule has 124 heavy (non-hydrogen) atoms. The Bertz CT molecular complexity index is 2680. The van der Waals surface area contributed by atoms with Gasteiger partial charge in [-0.25, -0.2) is 0 Å². The molecule has 0 aromatic rings. The van der Waals surface area contributed by atoms with Crippen LogP contribution in [-0.4, -0.2) is 168 Å². The first kappa shape index (κ1) is 117. The molecule has 0 aliphatic carbocycles. The number of carbonyl (C=O) groups excluding carboxylic acids is 9. The van der Waals surface area contributed by atoms with E-state index in [1.165, 1.54) is 86.8 Å². The number of carbonyl (C=O) groups is 9. The van der Waals surface area contributed by atoms with Crippen molar-refractivity contribution in [3.05, 3.63) is 97.2 Å². The van der Waals surface area contributed by atoms with Crippen LogP contribution in [0, 0.1) is 5.92 Å². The van der Waals surface area contributed by atoms with Crippen molar-refractivity contribution >= 4 is 53.3 Å². The van der Waals surface area contributed by atoms with Gasteiger partial charge in [0.15, 0.2) is 0 Å². The Labute approximate surface area is 755 Å². The average molecular weight is 1740 g/mol. The van der Waals surface area contributed by atoms with E-state index >= 15 is 0 Å². The standard InChI is InChI=1S/C104H180N4O16/c1-6-11-15-19-23-27-31-35-39-43-47-51-55-59-63-71-100(113)121-86-81-107(82-87-122-101(114)72-64-60-56-52-48-44-40-36-32-28-24-20-16-12-7-2)98(111)77-75-96(109)94-95(104(117)106-80-69-85-119-92-93-120-91-90-118-10-5)70-67-68-79-105-97(110)76-78-99(112)108(83-88-123-102(115)73-65-61-57-53-49-45-41-37-33-29-25-21-17-13-8-3)84-89-124-103(116)74-66-62-58-54-50-46-42-38-34-30-26-22-18-14-9-4/h23-30,35-42,95H,6-22,31-34,43-94H2,1-5H3,(H,105,110)(H,106,117)/b27-23-,28-24-,29-25-,30-26-,39-35-,40-36-,41-37-,42-38-/t95-/m1/s1. The third kappa shape index (κ3) is 86.0. The zero-order valence-electron chi connectivity index (χ0n) is 79.4. The zero-order chi connectivity index (χ0) is 90.2. The molecule has 20 heteroatoms. The number of nitrogens with zero attached hydrogens (tertiary/aromatic N) is 2. The Balaban J connectivity index is 5.87. The van der Waals surface area contributed by atoms with Crippen molar-refractivity contribution in [1.29, 1.82) is 0 Å². The molecule has 0 saturated heterocycles. The molecular formula is C104H180N4O16. The number of ether oxygens (including phenoxy) is 7. The summed E-state index contributed by atoms with van der Waals surface area (Å²) in [5.41, 5.74) is 0. The number of Topliss-reactive ketones (excluding diaryl/α,β-unsaturated/α-hetero) is 1. The van der Waals surface area contributed by atoms with E-state index in [-0.39, 0.29) is 170 Å². The maximum atomic E-state index is 14.0. The van der Waals surface area contributed by atoms with Gasteiger partial charge in [-0.2, -0.15) is 0 Å². The lowest BCUT2D eigenvalue weighted by Crippen LogP contribution is -2.38. The SMILES string of the molecule is CCCCC/C=C\C/C=C\CCCCCCCC(=O)OCCN(CCOC(=O)CCCCCCC/C=C\C/C=C\CCCCC)C(=O)CCC(=O)C[C@@H](CCCCNC(=O)CCC(=O)N(CCOC(=O)CCCCCCC/C=C\C/C=C\CCCCC)CCOC(=O)CCCCCCC/C=C\C/C=C\CCCCC)C(=O)NCCCOCCOCCOCC. The van der Waals surface area contributed by atoms with Gasteiger partial charge in [0.25, 0.3) is 0 Å². The molecule has 0 radical (unpaired) electrons. The first-order valence-electron chi connectivity index (χ1n) is 50.0. The van der Waals surface area contributed by atoms with Gasteiger partial charge in [0.05, 0.1) is 52.6 Å². The molecule has 0 aliphatic heterocycles. The monoisotopic (exact) mass is 1740 g/mol. The predicted molar refractivity (Wildman–Crippen MR) is 509 cm³/mol. The summed E-state index contributed by atoms with van der Waals surface area (Å²) in [5, 5.41) is 5.88. The smallest absolute Gasteiger partial charge is 0.305 e. The van der Waals surface area contributed by atoms with Gasteiger partial charge in [-0.3, -0.25) is 43.2 Å². The molecular weight excluding hydrogens is 1560 g/mol. The summed E-state index contributed by atoms with van der Waals surface area (Å²) in [6.45, 7) is 14.2. The number of rotatable bonds is 93. The van der Waals surface area contributed by atoms with Crippen LogP contribution in [0.2, 0.25) is 0 Å². The van der Waals surface area contributed by atoms with E-state index in [1.54, 1.807) is 0 Å². The van der Waals surface area contributed by atoms with Crippen LogP contribution in [0.5, 0.6) is 0 Å². The minimum Gasteiger partial charge on any atom is -0.464 e. The minimum atomic E-state index is -0.731. The van der Waals surface area contributed by atoms with Gasteiger partial charge in [0.2, 0.25) is 23.6 Å². The van der Waals surface area contributed by atoms with E-state index in [4.69, 9.17) is 33.2 Å². The zero-order valence-corrected chi connectivity index (χ0v) is 79.4. The topological polar surface area (TPSA) is 249 Å². The second-order valence-electron chi connectivity index (χ2n) is 32.9. The van der Waals surface area contributed by atoms with Crippen molar-refractivity contribution < 1.29 is 76.3 Å². The average Bonchev–Trinajstić information content (AvgIpc) is 0.911. The highest BCUT2D eigenvalue weighted by Gasteiger charge is 2.24. The highest BCUT2D eigenvalue weighted by Crippen LogP contribution is 2.19. The highest BCUT2D eigenvalue weighted by atomic mass is 16.6. The second kappa shape index (κ2) is 95.3. The molecule has 712 valence electrons. The third-order valence-corrected chi connectivity index (χ3v) is 21.6. The molecule has 1 atom stereocenters. The predicted octanol–water partition coefficient (Wildman–Crippen LogP) is 24.1. The molecule has 4 amide bonds. The Morgan fingerprint density at radius 2 is 0.556 bits per heavy atom. The fraction of sp³-hybridized carbons (Fsp3) is 0.760. The van der Waals surface area contributed by atoms with Gasteiger partial charge in [-0.1, -0.05) is 260 Å². The van der Waals surface area contributed by atoms with Crippen molar-refractivity contribution in [3.63, 3.8) is 0 Å². The van der Waals surface area contributed by atoms with Crippen LogP contribution in [0.25, 0.3) is 0 Å². The summed E-state index contributed by atoms with van der Waals surface area (Å²) >= 11 is 0. The highest BCUT2D eigenvalue weighted by molar-refractivity contribution is 5.89. The second-order valence-corrected chi connectivity index (χ2v) is 32.9. The van der Waals surface area contributed by atoms with Crippen molar-refractivity contribution in [2.45, 2.75) is 401 Å². The normalized spacial score (nSPS) is 12.1. The number of hydrogen-bond acceptors (Lipinski definition) is 16. The van der Waals surface area contributed by atoms with Crippen molar-refractivity contribution in [2.75, 3.05) is 105 Å². The fourth-order valence-electron chi connectivity index (χ4n) is 13.8. The molecule has 0 unspecified atom stereocenters. The lowest BCUT2D eigenvalue weighted by Gasteiger charge is -2.23. The molecule has 0 saturated carbocycles. The van der Waals surface area contributed by atoms with Crippen LogP contribution in [0.3, 0.4) is 0 Å². The lowest BCUT2D eigenvalue weighted by molar-refractivity contribution is -0.148. The minimum absolute atomic E-state index is 0.0337. The number of unbranched alkanes of at least 4 members (excludes halogenated alkanes) is 33. The molecule has 0 aromatic heterocycles. The first-order chi connectivity index (χ1) is 60.8. The molecule has 2 N–H and O–H groups in total. The van der Waals surface area contributed by atoms with E-state index in [0.29, 0.717) is 97.6 Å². The number of nitrogens with one attached hydrogen (secondary N) is 2. The number of amides is 4. The first-order valence-corrected chi connectivity index (χ1v) is 50.0. The molecule has 0 aromatic carbocycles. The molecule has 0 rings (SSSR count). The van der Waals surface area contributed by atoms with Crippen LogP contribution in [0.1, 0.15) is 401 Å². The van der Waals surface area contributed by atoms with Crippen LogP contribution in [0.4, 0.5) is 0 Å². The van der Waals surface area contributed by atoms with E-state index in [9.17, 15) is 43.2 Å². The van der Waals surface area contributed by atoms with E-state index in [2.05, 4.69) is 136 Å². The van der Waals surface area contributed by atoms with Crippen molar-refractivity contribution in [3.8, 4) is 0 Å². The third-order valence-electron chi connectivity index (χ3n) is 21.6. The van der Waals surface area contributed by atoms with Crippen LogP contribution in [-0.2, 0) is 76.3 Å². The molecule has 0 aliphatic rings. The number of hydrogen-bond donors (Lipinski definition) is 2. The summed E-state index contributed by atoms with van der Waals surface area (Å²) < 4.78 is 39.0. The largest absolute Gasteiger partial charge is 0.464 e. The summed E-state index contributed by atoms with van der Waals surface area (Å²) in [6, 6.07) is 0. The number of ketones is 1. The van der Waals surface area contributed by atoms with Crippen molar-refractivity contribution in [2.24, 2.45) is 5.92 Å². The Hall–Kier alpha value is -6.77. The van der Waals surface area contributed by atoms with E-state index in [1.807, 2.05) is 6.92 Å². The Kier molecular flexibility index (Phi) is 90.1. The summed E-state index contributed by atoms with van der Waals surface area (Å²) in [6.07, 6.45) is 85.4. The van der Waals surface area contributed by atoms with Gasteiger partial charge in [-0.15, -0.1) is 0 Å². The van der Waals surface area contributed by atoms with Gasteiger partial charge < -0.3 is 53.6 Å². The summed E-state index contributed by atoms with van der Waals surface area (Å²) in [7, 11) is 0.